The zero-order valence-electron chi connectivity index (χ0n) is 6.29. The van der Waals surface area contributed by atoms with Gasteiger partial charge in [-0.15, -0.1) is 10.2 Å². The van der Waals surface area contributed by atoms with Crippen LogP contribution in [-0.2, 0) is 0 Å². The molecule has 1 N–H and O–H groups in total. The largest absolute Gasteiger partial charge is 0.428 e. The Bertz CT molecular complexity index is 203. The van der Waals surface area contributed by atoms with Crippen LogP contribution >= 0.6 is 0 Å². The van der Waals surface area contributed by atoms with Crippen LogP contribution in [-0.4, -0.2) is 23.3 Å². The van der Waals surface area contributed by atoms with Crippen molar-refractivity contribution in [3.8, 4) is 0 Å². The molecule has 0 radical (unpaired) electrons. The Morgan fingerprint density at radius 2 is 2.64 bits per heavy atom. The van der Waals surface area contributed by atoms with E-state index in [1.807, 2.05) is 0 Å². The summed E-state index contributed by atoms with van der Waals surface area (Å²) in [7, 11) is 0. The number of piperidine rings is 1. The van der Waals surface area contributed by atoms with Gasteiger partial charge in [-0.25, -0.2) is 0 Å². The van der Waals surface area contributed by atoms with E-state index >= 15 is 0 Å². The summed E-state index contributed by atoms with van der Waals surface area (Å²) in [6.45, 7) is 2.09. The van der Waals surface area contributed by atoms with Gasteiger partial charge >= 0.3 is 0 Å². The molecular formula is C7H11N3O. The molecular weight excluding hydrogens is 142 g/mol. The second kappa shape index (κ2) is 3.00. The van der Waals surface area contributed by atoms with Crippen molar-refractivity contribution >= 4 is 0 Å². The van der Waals surface area contributed by atoms with Crippen LogP contribution in [0, 0.1) is 0 Å². The average Bonchev–Trinajstić information content (AvgIpc) is 2.58. The first-order valence-corrected chi connectivity index (χ1v) is 3.93. The summed E-state index contributed by atoms with van der Waals surface area (Å²) in [4.78, 5) is 0. The maximum absolute atomic E-state index is 5.11. The first-order valence-electron chi connectivity index (χ1n) is 3.93. The predicted octanol–water partition coefficient (Wildman–Crippen LogP) is 0.537. The summed E-state index contributed by atoms with van der Waals surface area (Å²) < 4.78 is 5.11. The molecule has 0 aliphatic carbocycles. The number of aromatic nitrogens is 2. The molecule has 1 fully saturated rings. The van der Waals surface area contributed by atoms with Gasteiger partial charge in [-0.2, -0.15) is 0 Å². The molecule has 1 aromatic rings. The second-order valence-electron chi connectivity index (χ2n) is 2.82. The van der Waals surface area contributed by atoms with Crippen LogP contribution in [0.15, 0.2) is 10.8 Å². The molecule has 2 heterocycles. The highest BCUT2D eigenvalue weighted by atomic mass is 16.4. The van der Waals surface area contributed by atoms with Crippen molar-refractivity contribution in [1.82, 2.24) is 15.5 Å². The summed E-state index contributed by atoms with van der Waals surface area (Å²) in [5.41, 5.74) is 0. The Morgan fingerprint density at radius 3 is 3.27 bits per heavy atom. The maximum atomic E-state index is 5.11. The molecule has 1 atom stereocenters. The van der Waals surface area contributed by atoms with E-state index in [-0.39, 0.29) is 0 Å². The van der Waals surface area contributed by atoms with Crippen LogP contribution in [0.3, 0.4) is 0 Å². The number of nitrogens with one attached hydrogen (secondary N) is 1. The zero-order chi connectivity index (χ0) is 7.52. The van der Waals surface area contributed by atoms with Crippen LogP contribution in [0.2, 0.25) is 0 Å². The quantitative estimate of drug-likeness (QED) is 0.639. The Labute approximate surface area is 65.0 Å². The van der Waals surface area contributed by atoms with Gasteiger partial charge in [-0.3, -0.25) is 0 Å². The monoisotopic (exact) mass is 153 g/mol. The highest BCUT2D eigenvalue weighted by Gasteiger charge is 2.18. The highest BCUT2D eigenvalue weighted by Crippen LogP contribution is 2.20. The molecule has 1 saturated heterocycles. The van der Waals surface area contributed by atoms with E-state index in [1.54, 1.807) is 0 Å². The lowest BCUT2D eigenvalue weighted by Crippen LogP contribution is -2.28. The van der Waals surface area contributed by atoms with Gasteiger partial charge in [0.1, 0.15) is 0 Å². The molecule has 1 aromatic heterocycles. The van der Waals surface area contributed by atoms with E-state index in [2.05, 4.69) is 15.5 Å². The summed E-state index contributed by atoms with van der Waals surface area (Å²) in [5.74, 6) is 1.21. The zero-order valence-corrected chi connectivity index (χ0v) is 6.29. The lowest BCUT2D eigenvalue weighted by molar-refractivity contribution is 0.376. The van der Waals surface area contributed by atoms with Gasteiger partial charge in [0.15, 0.2) is 0 Å². The maximum Gasteiger partial charge on any atom is 0.220 e. The van der Waals surface area contributed by atoms with Gasteiger partial charge < -0.3 is 9.73 Å². The second-order valence-corrected chi connectivity index (χ2v) is 2.82. The summed E-state index contributed by atoms with van der Waals surface area (Å²) in [6, 6.07) is 0. The average molecular weight is 153 g/mol. The van der Waals surface area contributed by atoms with E-state index in [9.17, 15) is 0 Å². The Hall–Kier alpha value is -0.900. The van der Waals surface area contributed by atoms with Crippen LogP contribution in [0.1, 0.15) is 24.7 Å². The Morgan fingerprint density at radius 1 is 1.64 bits per heavy atom. The third-order valence-corrected chi connectivity index (χ3v) is 2.02. The lowest BCUT2D eigenvalue weighted by atomic mass is 10.00. The molecule has 4 heteroatoms. The van der Waals surface area contributed by atoms with Gasteiger partial charge in [0.05, 0.1) is 0 Å². The van der Waals surface area contributed by atoms with Crippen LogP contribution in [0.5, 0.6) is 0 Å². The van der Waals surface area contributed by atoms with Crippen LogP contribution < -0.4 is 5.32 Å². The van der Waals surface area contributed by atoms with Crippen molar-refractivity contribution < 1.29 is 4.42 Å². The number of hydrogen-bond donors (Lipinski definition) is 1. The van der Waals surface area contributed by atoms with E-state index in [1.165, 1.54) is 12.8 Å². The Balaban J connectivity index is 2.04. The number of rotatable bonds is 1. The fourth-order valence-corrected chi connectivity index (χ4v) is 1.42. The number of hydrogen-bond acceptors (Lipinski definition) is 4. The fourth-order valence-electron chi connectivity index (χ4n) is 1.42. The normalized spacial score (nSPS) is 25.3. The topological polar surface area (TPSA) is 51.0 Å². The molecule has 11 heavy (non-hydrogen) atoms. The lowest BCUT2D eigenvalue weighted by Gasteiger charge is -2.18. The third kappa shape index (κ3) is 1.40. The summed E-state index contributed by atoms with van der Waals surface area (Å²) in [5, 5.41) is 10.8. The molecule has 2 rings (SSSR count). The Kier molecular flexibility index (Phi) is 1.85. The van der Waals surface area contributed by atoms with Crippen LogP contribution in [0.4, 0.5) is 0 Å². The van der Waals surface area contributed by atoms with Crippen molar-refractivity contribution in [3.63, 3.8) is 0 Å². The predicted molar refractivity (Wildman–Crippen MR) is 39.1 cm³/mol. The summed E-state index contributed by atoms with van der Waals surface area (Å²) in [6.07, 6.45) is 3.76. The third-order valence-electron chi connectivity index (χ3n) is 2.02. The standard InChI is InChI=1S/C7H11N3O/c1-2-6(4-8-3-1)7-10-9-5-11-7/h5-6,8H,1-4H2/t6-/m0/s1. The van der Waals surface area contributed by atoms with Gasteiger partial charge in [-0.1, -0.05) is 0 Å². The minimum absolute atomic E-state index is 0.436. The first kappa shape index (κ1) is 6.79. The molecule has 0 amide bonds. The van der Waals surface area contributed by atoms with E-state index in [4.69, 9.17) is 4.42 Å². The molecule has 0 saturated carbocycles. The molecule has 1 aliphatic heterocycles. The van der Waals surface area contributed by atoms with Gasteiger partial charge in [0.25, 0.3) is 0 Å². The van der Waals surface area contributed by atoms with Crippen molar-refractivity contribution in [2.45, 2.75) is 18.8 Å². The molecule has 60 valence electrons. The SMILES string of the molecule is c1nnc([C@H]2CCCNC2)o1. The van der Waals surface area contributed by atoms with Crippen molar-refractivity contribution in [3.05, 3.63) is 12.3 Å². The van der Waals surface area contributed by atoms with Crippen LogP contribution in [0.25, 0.3) is 0 Å². The van der Waals surface area contributed by atoms with E-state index in [0.29, 0.717) is 5.92 Å². The number of nitrogens with zero attached hydrogens (tertiary/aromatic N) is 2. The molecule has 0 spiro atoms. The molecule has 0 aromatic carbocycles. The smallest absolute Gasteiger partial charge is 0.220 e. The van der Waals surface area contributed by atoms with Gasteiger partial charge in [-0.05, 0) is 19.4 Å². The molecule has 0 unspecified atom stereocenters. The van der Waals surface area contributed by atoms with Crippen molar-refractivity contribution in [2.24, 2.45) is 0 Å². The minimum atomic E-state index is 0.436. The first-order chi connectivity index (χ1) is 5.47. The summed E-state index contributed by atoms with van der Waals surface area (Å²) >= 11 is 0. The van der Waals surface area contributed by atoms with E-state index in [0.717, 1.165) is 25.4 Å². The molecule has 4 nitrogen and oxygen atoms in total. The van der Waals surface area contributed by atoms with E-state index < -0.39 is 0 Å². The highest BCUT2D eigenvalue weighted by molar-refractivity contribution is 4.91. The van der Waals surface area contributed by atoms with Crippen molar-refractivity contribution in [1.29, 1.82) is 0 Å². The molecule has 0 bridgehead atoms. The van der Waals surface area contributed by atoms with Gasteiger partial charge in [0.2, 0.25) is 12.3 Å². The fraction of sp³-hybridized carbons (Fsp3) is 0.714. The van der Waals surface area contributed by atoms with Gasteiger partial charge in [0, 0.05) is 12.5 Å². The van der Waals surface area contributed by atoms with Crippen molar-refractivity contribution in [2.75, 3.05) is 13.1 Å². The molecule has 1 aliphatic rings. The minimum Gasteiger partial charge on any atom is -0.428 e.